The van der Waals surface area contributed by atoms with Crippen LogP contribution in [0.25, 0.3) is 0 Å². The Bertz CT molecular complexity index is 498. The van der Waals surface area contributed by atoms with Gasteiger partial charge >= 0.3 is 0 Å². The molecule has 16 heavy (non-hydrogen) atoms. The Kier molecular flexibility index (Phi) is 3.73. The number of sulfonamides is 1. The zero-order chi connectivity index (χ0) is 11.8. The summed E-state index contributed by atoms with van der Waals surface area (Å²) >= 11 is 6.55. The molecule has 2 rings (SSSR count). The van der Waals surface area contributed by atoms with Crippen molar-refractivity contribution in [2.24, 2.45) is 5.92 Å². The van der Waals surface area contributed by atoms with Crippen LogP contribution in [0.4, 0.5) is 0 Å². The van der Waals surface area contributed by atoms with Crippen LogP contribution in [0.1, 0.15) is 12.8 Å². The standard InChI is InChI=1S/C10H11Br2NO2S/c11-8-3-4-10(9(12)5-8)16(14,15)13-6-7-1-2-7/h3-5,7,13H,1-2,6H2. The van der Waals surface area contributed by atoms with Crippen molar-refractivity contribution in [3.05, 3.63) is 27.1 Å². The highest BCUT2D eigenvalue weighted by atomic mass is 79.9. The second-order valence-electron chi connectivity index (χ2n) is 3.87. The maximum absolute atomic E-state index is 11.9. The first-order chi connectivity index (χ1) is 7.49. The summed E-state index contributed by atoms with van der Waals surface area (Å²) in [4.78, 5) is 0.288. The van der Waals surface area contributed by atoms with Gasteiger partial charge in [-0.3, -0.25) is 0 Å². The van der Waals surface area contributed by atoms with Crippen LogP contribution in [-0.2, 0) is 10.0 Å². The lowest BCUT2D eigenvalue weighted by Crippen LogP contribution is -2.26. The average Bonchev–Trinajstić information content (AvgIpc) is 2.97. The predicted octanol–water partition coefficient (Wildman–Crippen LogP) is 2.90. The van der Waals surface area contributed by atoms with Crippen molar-refractivity contribution in [1.29, 1.82) is 0 Å². The Labute approximate surface area is 112 Å². The lowest BCUT2D eigenvalue weighted by Gasteiger charge is -2.08. The minimum Gasteiger partial charge on any atom is -0.211 e. The van der Waals surface area contributed by atoms with E-state index in [2.05, 4.69) is 36.6 Å². The number of halogens is 2. The zero-order valence-corrected chi connectivity index (χ0v) is 12.4. The van der Waals surface area contributed by atoms with E-state index in [1.54, 1.807) is 18.2 Å². The summed E-state index contributed by atoms with van der Waals surface area (Å²) in [5.74, 6) is 0.531. The molecule has 1 aromatic rings. The highest BCUT2D eigenvalue weighted by Crippen LogP contribution is 2.29. The van der Waals surface area contributed by atoms with Gasteiger partial charge in [-0.25, -0.2) is 13.1 Å². The van der Waals surface area contributed by atoms with E-state index in [1.165, 1.54) is 0 Å². The fraction of sp³-hybridized carbons (Fsp3) is 0.400. The van der Waals surface area contributed by atoms with Crippen LogP contribution in [0.3, 0.4) is 0 Å². The topological polar surface area (TPSA) is 46.2 Å². The average molecular weight is 369 g/mol. The van der Waals surface area contributed by atoms with Gasteiger partial charge in [0.05, 0.1) is 4.90 Å². The van der Waals surface area contributed by atoms with Crippen molar-refractivity contribution in [3.8, 4) is 0 Å². The number of nitrogens with one attached hydrogen (secondary N) is 1. The van der Waals surface area contributed by atoms with Crippen molar-refractivity contribution in [2.45, 2.75) is 17.7 Å². The zero-order valence-electron chi connectivity index (χ0n) is 8.41. The van der Waals surface area contributed by atoms with Crippen LogP contribution >= 0.6 is 31.9 Å². The van der Waals surface area contributed by atoms with Gasteiger partial charge in [-0.2, -0.15) is 0 Å². The van der Waals surface area contributed by atoms with Crippen LogP contribution in [0.2, 0.25) is 0 Å². The molecule has 0 saturated heterocycles. The third kappa shape index (κ3) is 3.06. The second-order valence-corrected chi connectivity index (χ2v) is 7.38. The van der Waals surface area contributed by atoms with E-state index in [0.29, 0.717) is 16.9 Å². The Balaban J connectivity index is 2.20. The molecule has 1 N–H and O–H groups in total. The molecule has 3 nitrogen and oxygen atoms in total. The lowest BCUT2D eigenvalue weighted by molar-refractivity contribution is 0.577. The van der Waals surface area contributed by atoms with Crippen LogP contribution < -0.4 is 4.72 Å². The highest BCUT2D eigenvalue weighted by Gasteiger charge is 2.25. The van der Waals surface area contributed by atoms with Crippen molar-refractivity contribution in [3.63, 3.8) is 0 Å². The van der Waals surface area contributed by atoms with Crippen molar-refractivity contribution in [1.82, 2.24) is 4.72 Å². The first kappa shape index (κ1) is 12.5. The van der Waals surface area contributed by atoms with Gasteiger partial charge in [0.2, 0.25) is 10.0 Å². The van der Waals surface area contributed by atoms with Crippen molar-refractivity contribution in [2.75, 3.05) is 6.54 Å². The summed E-state index contributed by atoms with van der Waals surface area (Å²) in [6, 6.07) is 5.03. The van der Waals surface area contributed by atoms with Gasteiger partial charge in [0, 0.05) is 15.5 Å². The molecule has 1 saturated carbocycles. The maximum atomic E-state index is 11.9. The first-order valence-electron chi connectivity index (χ1n) is 4.94. The summed E-state index contributed by atoms with van der Waals surface area (Å²) in [6.07, 6.45) is 2.26. The SMILES string of the molecule is O=S(=O)(NCC1CC1)c1ccc(Br)cc1Br. The van der Waals surface area contributed by atoms with Gasteiger partial charge in [-0.05, 0) is 52.9 Å². The maximum Gasteiger partial charge on any atom is 0.241 e. The number of benzene rings is 1. The van der Waals surface area contributed by atoms with Gasteiger partial charge in [-0.15, -0.1) is 0 Å². The molecule has 0 aliphatic heterocycles. The smallest absolute Gasteiger partial charge is 0.211 e. The second kappa shape index (κ2) is 4.76. The molecule has 0 aromatic heterocycles. The van der Waals surface area contributed by atoms with Gasteiger partial charge in [0.1, 0.15) is 0 Å². The number of rotatable bonds is 4. The van der Waals surface area contributed by atoms with E-state index >= 15 is 0 Å². The quantitative estimate of drug-likeness (QED) is 0.888. The minimum absolute atomic E-state index is 0.288. The van der Waals surface area contributed by atoms with E-state index in [4.69, 9.17) is 0 Å². The van der Waals surface area contributed by atoms with Crippen molar-refractivity contribution >= 4 is 41.9 Å². The Morgan fingerprint density at radius 3 is 2.56 bits per heavy atom. The molecule has 0 atom stereocenters. The molecule has 0 bridgehead atoms. The molecule has 1 aliphatic rings. The van der Waals surface area contributed by atoms with Gasteiger partial charge < -0.3 is 0 Å². The summed E-state index contributed by atoms with van der Waals surface area (Å²) in [5.41, 5.74) is 0. The van der Waals surface area contributed by atoms with Crippen LogP contribution in [0.15, 0.2) is 32.0 Å². The van der Waals surface area contributed by atoms with Gasteiger partial charge in [0.15, 0.2) is 0 Å². The molecular formula is C10H11Br2NO2S. The molecule has 0 spiro atoms. The van der Waals surface area contributed by atoms with Crippen molar-refractivity contribution < 1.29 is 8.42 Å². The molecule has 1 fully saturated rings. The summed E-state index contributed by atoms with van der Waals surface area (Å²) in [6.45, 7) is 0.546. The lowest BCUT2D eigenvalue weighted by atomic mass is 10.4. The summed E-state index contributed by atoms with van der Waals surface area (Å²) in [5, 5.41) is 0. The highest BCUT2D eigenvalue weighted by molar-refractivity contribution is 9.11. The van der Waals surface area contributed by atoms with Gasteiger partial charge in [-0.1, -0.05) is 15.9 Å². The molecule has 6 heteroatoms. The Morgan fingerprint density at radius 1 is 1.31 bits per heavy atom. The van der Waals surface area contributed by atoms with E-state index in [0.717, 1.165) is 17.3 Å². The molecule has 0 unspecified atom stereocenters. The van der Waals surface area contributed by atoms with E-state index < -0.39 is 10.0 Å². The third-order valence-corrected chi connectivity index (χ3v) is 5.34. The molecule has 0 heterocycles. The molecule has 88 valence electrons. The van der Waals surface area contributed by atoms with Gasteiger partial charge in [0.25, 0.3) is 0 Å². The normalized spacial score (nSPS) is 16.4. The number of hydrogen-bond donors (Lipinski definition) is 1. The molecule has 0 radical (unpaired) electrons. The van der Waals surface area contributed by atoms with Crippen LogP contribution in [0, 0.1) is 5.92 Å². The fourth-order valence-corrected chi connectivity index (χ4v) is 4.18. The minimum atomic E-state index is -3.38. The summed E-state index contributed by atoms with van der Waals surface area (Å²) < 4.78 is 27.9. The Morgan fingerprint density at radius 2 is 2.00 bits per heavy atom. The molecular weight excluding hydrogens is 358 g/mol. The first-order valence-corrected chi connectivity index (χ1v) is 8.01. The predicted molar refractivity (Wildman–Crippen MR) is 69.8 cm³/mol. The van der Waals surface area contributed by atoms with E-state index in [1.807, 2.05) is 0 Å². The Hall–Kier alpha value is 0.0900. The molecule has 1 aromatic carbocycles. The van der Waals surface area contributed by atoms with E-state index in [-0.39, 0.29) is 4.90 Å². The fourth-order valence-electron chi connectivity index (χ4n) is 1.32. The van der Waals surface area contributed by atoms with Crippen LogP contribution in [0.5, 0.6) is 0 Å². The van der Waals surface area contributed by atoms with E-state index in [9.17, 15) is 8.42 Å². The largest absolute Gasteiger partial charge is 0.241 e. The monoisotopic (exact) mass is 367 g/mol. The molecule has 1 aliphatic carbocycles. The summed E-state index contributed by atoms with van der Waals surface area (Å²) in [7, 11) is -3.38. The molecule has 0 amide bonds. The number of hydrogen-bond acceptors (Lipinski definition) is 2. The van der Waals surface area contributed by atoms with Crippen LogP contribution in [-0.4, -0.2) is 15.0 Å². The third-order valence-electron chi connectivity index (χ3n) is 2.44.